The lowest BCUT2D eigenvalue weighted by Crippen LogP contribution is -2.39. The highest BCUT2D eigenvalue weighted by Crippen LogP contribution is 2.21. The molecular weight excluding hydrogens is 202 g/mol. The number of anilines is 1. The maximum absolute atomic E-state index is 9.74. The number of aliphatic hydroxyl groups is 1. The Hall–Kier alpha value is -0.870. The van der Waals surface area contributed by atoms with Crippen molar-refractivity contribution in [2.45, 2.75) is 25.5 Å². The highest BCUT2D eigenvalue weighted by Gasteiger charge is 2.21. The van der Waals surface area contributed by atoms with Gasteiger partial charge in [0.05, 0.1) is 0 Å². The minimum Gasteiger partial charge on any atom is -0.374 e. The van der Waals surface area contributed by atoms with Crippen molar-refractivity contribution in [3.05, 3.63) is 17.5 Å². The van der Waals surface area contributed by atoms with Crippen molar-refractivity contribution < 1.29 is 5.11 Å². The first-order chi connectivity index (χ1) is 6.77. The highest BCUT2D eigenvalue weighted by atomic mass is 35.5. The second-order valence-corrected chi connectivity index (χ2v) is 3.69. The molecule has 1 aromatic rings. The molecule has 0 bridgehead atoms. The van der Waals surface area contributed by atoms with Gasteiger partial charge in [0.1, 0.15) is 12.0 Å². The fourth-order valence-corrected chi connectivity index (χ4v) is 1.81. The number of halogens is 1. The van der Waals surface area contributed by atoms with Crippen LogP contribution in [0.2, 0.25) is 5.28 Å². The van der Waals surface area contributed by atoms with Gasteiger partial charge < -0.3 is 10.0 Å². The van der Waals surface area contributed by atoms with Crippen LogP contribution >= 0.6 is 11.6 Å². The molecule has 0 amide bonds. The molecular formula is C9H12ClN3O. The fraction of sp³-hybridized carbons (Fsp3) is 0.556. The summed E-state index contributed by atoms with van der Waals surface area (Å²) in [6.45, 7) is 0.828. The molecule has 76 valence electrons. The van der Waals surface area contributed by atoms with Crippen molar-refractivity contribution >= 4 is 17.4 Å². The largest absolute Gasteiger partial charge is 0.374 e. The SMILES string of the molecule is OC1CCCCN1c1ccnc(Cl)n1. The zero-order chi connectivity index (χ0) is 9.97. The van der Waals surface area contributed by atoms with E-state index in [0.717, 1.165) is 25.8 Å². The number of rotatable bonds is 1. The molecule has 5 heteroatoms. The van der Waals surface area contributed by atoms with Gasteiger partial charge in [0.15, 0.2) is 0 Å². The monoisotopic (exact) mass is 213 g/mol. The summed E-state index contributed by atoms with van der Waals surface area (Å²) >= 11 is 5.68. The maximum atomic E-state index is 9.74. The van der Waals surface area contributed by atoms with E-state index >= 15 is 0 Å². The van der Waals surface area contributed by atoms with E-state index in [1.165, 1.54) is 0 Å². The van der Waals surface area contributed by atoms with Gasteiger partial charge in [0, 0.05) is 12.7 Å². The van der Waals surface area contributed by atoms with Crippen LogP contribution in [0.4, 0.5) is 5.82 Å². The zero-order valence-corrected chi connectivity index (χ0v) is 8.48. The van der Waals surface area contributed by atoms with E-state index in [-0.39, 0.29) is 5.28 Å². The van der Waals surface area contributed by atoms with Crippen molar-refractivity contribution in [3.63, 3.8) is 0 Å². The lowest BCUT2D eigenvalue weighted by Gasteiger charge is -2.32. The lowest BCUT2D eigenvalue weighted by atomic mass is 10.1. The predicted octanol–water partition coefficient (Wildman–Crippen LogP) is 1.44. The van der Waals surface area contributed by atoms with Gasteiger partial charge in [-0.25, -0.2) is 9.97 Å². The molecule has 1 aliphatic rings. The number of aliphatic hydroxyl groups excluding tert-OH is 1. The quantitative estimate of drug-likeness (QED) is 0.718. The Morgan fingerprint density at radius 2 is 2.36 bits per heavy atom. The zero-order valence-electron chi connectivity index (χ0n) is 7.73. The highest BCUT2D eigenvalue weighted by molar-refractivity contribution is 6.28. The predicted molar refractivity (Wildman–Crippen MR) is 54.2 cm³/mol. The Labute approximate surface area is 87.5 Å². The van der Waals surface area contributed by atoms with Crippen molar-refractivity contribution in [1.29, 1.82) is 0 Å². The first-order valence-corrected chi connectivity index (χ1v) is 5.08. The summed E-state index contributed by atoms with van der Waals surface area (Å²) in [5.41, 5.74) is 0. The summed E-state index contributed by atoms with van der Waals surface area (Å²) in [5.74, 6) is 0.706. The second kappa shape index (κ2) is 4.11. The van der Waals surface area contributed by atoms with E-state index in [9.17, 15) is 5.11 Å². The van der Waals surface area contributed by atoms with Gasteiger partial charge in [0.2, 0.25) is 5.28 Å². The summed E-state index contributed by atoms with van der Waals surface area (Å²) in [6, 6.07) is 1.76. The molecule has 0 radical (unpaired) electrons. The topological polar surface area (TPSA) is 49.2 Å². The summed E-state index contributed by atoms with van der Waals surface area (Å²) in [4.78, 5) is 9.73. The van der Waals surface area contributed by atoms with Crippen LogP contribution in [0.25, 0.3) is 0 Å². The smallest absolute Gasteiger partial charge is 0.224 e. The third kappa shape index (κ3) is 1.96. The van der Waals surface area contributed by atoms with E-state index in [1.54, 1.807) is 12.3 Å². The Morgan fingerprint density at radius 1 is 1.50 bits per heavy atom. The van der Waals surface area contributed by atoms with E-state index in [0.29, 0.717) is 5.82 Å². The third-order valence-electron chi connectivity index (χ3n) is 2.38. The molecule has 1 aromatic heterocycles. The van der Waals surface area contributed by atoms with Gasteiger partial charge in [-0.15, -0.1) is 0 Å². The Balaban J connectivity index is 2.20. The lowest BCUT2D eigenvalue weighted by molar-refractivity contribution is 0.139. The Morgan fingerprint density at radius 3 is 3.07 bits per heavy atom. The summed E-state index contributed by atoms with van der Waals surface area (Å²) in [7, 11) is 0. The Bertz CT molecular complexity index is 321. The van der Waals surface area contributed by atoms with Gasteiger partial charge in [-0.1, -0.05) is 0 Å². The molecule has 2 rings (SSSR count). The van der Waals surface area contributed by atoms with E-state index in [2.05, 4.69) is 9.97 Å². The minimum atomic E-state index is -0.435. The Kier molecular flexibility index (Phi) is 2.84. The van der Waals surface area contributed by atoms with Crippen LogP contribution in [0.3, 0.4) is 0 Å². The molecule has 1 N–H and O–H groups in total. The number of nitrogens with zero attached hydrogens (tertiary/aromatic N) is 3. The van der Waals surface area contributed by atoms with Crippen molar-refractivity contribution in [2.24, 2.45) is 0 Å². The van der Waals surface area contributed by atoms with Gasteiger partial charge in [0.25, 0.3) is 0 Å². The van der Waals surface area contributed by atoms with E-state index in [4.69, 9.17) is 11.6 Å². The summed E-state index contributed by atoms with van der Waals surface area (Å²) in [5, 5.41) is 9.96. The van der Waals surface area contributed by atoms with Crippen molar-refractivity contribution in [2.75, 3.05) is 11.4 Å². The maximum Gasteiger partial charge on any atom is 0.224 e. The van der Waals surface area contributed by atoms with Crippen LogP contribution in [0.1, 0.15) is 19.3 Å². The summed E-state index contributed by atoms with van der Waals surface area (Å²) < 4.78 is 0. The number of hydrogen-bond acceptors (Lipinski definition) is 4. The average Bonchev–Trinajstić information content (AvgIpc) is 2.18. The molecule has 0 aromatic carbocycles. The van der Waals surface area contributed by atoms with Gasteiger partial charge in [-0.2, -0.15) is 0 Å². The van der Waals surface area contributed by atoms with Crippen LogP contribution in [-0.2, 0) is 0 Å². The van der Waals surface area contributed by atoms with E-state index in [1.807, 2.05) is 4.90 Å². The molecule has 1 fully saturated rings. The molecule has 1 saturated heterocycles. The van der Waals surface area contributed by atoms with E-state index < -0.39 is 6.23 Å². The molecule has 0 saturated carbocycles. The third-order valence-corrected chi connectivity index (χ3v) is 2.56. The van der Waals surface area contributed by atoms with Gasteiger partial charge >= 0.3 is 0 Å². The van der Waals surface area contributed by atoms with Crippen LogP contribution in [0.5, 0.6) is 0 Å². The molecule has 2 heterocycles. The van der Waals surface area contributed by atoms with Crippen LogP contribution in [-0.4, -0.2) is 27.8 Å². The number of aromatic nitrogens is 2. The van der Waals surface area contributed by atoms with Crippen LogP contribution in [0, 0.1) is 0 Å². The molecule has 1 unspecified atom stereocenters. The number of piperidine rings is 1. The minimum absolute atomic E-state index is 0.222. The normalized spacial score (nSPS) is 22.4. The summed E-state index contributed by atoms with van der Waals surface area (Å²) in [6.07, 6.45) is 4.11. The molecule has 14 heavy (non-hydrogen) atoms. The first-order valence-electron chi connectivity index (χ1n) is 4.70. The molecule has 4 nitrogen and oxygen atoms in total. The molecule has 1 aliphatic heterocycles. The van der Waals surface area contributed by atoms with Crippen LogP contribution < -0.4 is 4.90 Å². The average molecular weight is 214 g/mol. The van der Waals surface area contributed by atoms with Gasteiger partial charge in [-0.3, -0.25) is 0 Å². The second-order valence-electron chi connectivity index (χ2n) is 3.35. The van der Waals surface area contributed by atoms with Crippen molar-refractivity contribution in [3.8, 4) is 0 Å². The molecule has 0 spiro atoms. The molecule has 0 aliphatic carbocycles. The standard InChI is InChI=1S/C9H12ClN3O/c10-9-11-5-4-7(12-9)13-6-2-1-3-8(13)14/h4-5,8,14H,1-3,6H2. The number of hydrogen-bond donors (Lipinski definition) is 1. The van der Waals surface area contributed by atoms with Gasteiger partial charge in [-0.05, 0) is 36.9 Å². The van der Waals surface area contributed by atoms with Crippen molar-refractivity contribution in [1.82, 2.24) is 9.97 Å². The van der Waals surface area contributed by atoms with Crippen LogP contribution in [0.15, 0.2) is 12.3 Å². The fourth-order valence-electron chi connectivity index (χ4n) is 1.67. The molecule has 1 atom stereocenters. The first kappa shape index (κ1) is 9.68.